The molecule has 2 aromatic carbocycles. The van der Waals surface area contributed by atoms with Gasteiger partial charge in [0.25, 0.3) is 0 Å². The van der Waals surface area contributed by atoms with Crippen molar-refractivity contribution in [3.63, 3.8) is 0 Å². The molecule has 0 aliphatic carbocycles. The van der Waals surface area contributed by atoms with Gasteiger partial charge in [0.15, 0.2) is 10.9 Å². The van der Waals surface area contributed by atoms with Gasteiger partial charge < -0.3 is 9.09 Å². The van der Waals surface area contributed by atoms with Crippen molar-refractivity contribution in [2.24, 2.45) is 7.05 Å². The molecule has 0 amide bonds. The van der Waals surface area contributed by atoms with Gasteiger partial charge in [-0.2, -0.15) is 0 Å². The van der Waals surface area contributed by atoms with Crippen molar-refractivity contribution < 1.29 is 4.52 Å². The van der Waals surface area contributed by atoms with Crippen LogP contribution in [0.4, 0.5) is 0 Å². The Morgan fingerprint density at radius 2 is 1.85 bits per heavy atom. The lowest BCUT2D eigenvalue weighted by Gasteiger charge is -2.11. The van der Waals surface area contributed by atoms with Crippen LogP contribution >= 0.6 is 11.8 Å². The normalized spacial score (nSPS) is 12.3. The Balaban J connectivity index is 1.58. The van der Waals surface area contributed by atoms with Gasteiger partial charge in [-0.3, -0.25) is 0 Å². The molecule has 0 aliphatic rings. The number of hydrogen-bond donors (Lipinski definition) is 0. The maximum Gasteiger partial charge on any atom is 0.191 e. The number of nitrogens with zero attached hydrogens (tertiary/aromatic N) is 4. The molecule has 1 atom stereocenters. The number of thioether (sulfide) groups is 1. The summed E-state index contributed by atoms with van der Waals surface area (Å²) in [6.45, 7) is 4.24. The first-order valence-corrected chi connectivity index (χ1v) is 9.63. The molecular weight excluding hydrogens is 356 g/mol. The van der Waals surface area contributed by atoms with E-state index in [1.165, 1.54) is 11.1 Å². The molecule has 0 unspecified atom stereocenters. The van der Waals surface area contributed by atoms with Gasteiger partial charge in [0.1, 0.15) is 12.0 Å². The standard InChI is InChI=1S/C21H20N4OS/c1-14-6-4-8-17(10-14)19-12-20(26-24-19)18-9-5-7-16(11-18)15(2)27-21-23-22-13-25(21)3/h4-13,15H,1-3H3/t15-/m0/s1. The van der Waals surface area contributed by atoms with Crippen LogP contribution in [0.15, 0.2) is 70.6 Å². The maximum absolute atomic E-state index is 5.62. The van der Waals surface area contributed by atoms with E-state index in [1.807, 2.05) is 41.9 Å². The summed E-state index contributed by atoms with van der Waals surface area (Å²) < 4.78 is 7.55. The van der Waals surface area contributed by atoms with E-state index in [1.54, 1.807) is 18.1 Å². The van der Waals surface area contributed by atoms with Crippen molar-refractivity contribution in [2.75, 3.05) is 0 Å². The van der Waals surface area contributed by atoms with Gasteiger partial charge in [0.05, 0.1) is 0 Å². The lowest BCUT2D eigenvalue weighted by molar-refractivity contribution is 0.435. The summed E-state index contributed by atoms with van der Waals surface area (Å²) in [5, 5.41) is 13.5. The van der Waals surface area contributed by atoms with Crippen molar-refractivity contribution in [2.45, 2.75) is 24.3 Å². The minimum absolute atomic E-state index is 0.243. The highest BCUT2D eigenvalue weighted by atomic mass is 32.2. The fourth-order valence-corrected chi connectivity index (χ4v) is 3.81. The predicted molar refractivity (Wildman–Crippen MR) is 107 cm³/mol. The third-order valence-corrected chi connectivity index (χ3v) is 5.62. The van der Waals surface area contributed by atoms with Crippen LogP contribution in [0.5, 0.6) is 0 Å². The second kappa shape index (κ2) is 7.40. The third kappa shape index (κ3) is 3.80. The zero-order valence-corrected chi connectivity index (χ0v) is 16.3. The quantitative estimate of drug-likeness (QED) is 0.442. The SMILES string of the molecule is Cc1cccc(-c2cc(-c3cccc([C@H](C)Sc4nncn4C)c3)on2)c1. The molecule has 27 heavy (non-hydrogen) atoms. The summed E-state index contributed by atoms with van der Waals surface area (Å²) in [7, 11) is 1.95. The maximum atomic E-state index is 5.62. The minimum atomic E-state index is 0.243. The van der Waals surface area contributed by atoms with Gasteiger partial charge in [-0.1, -0.05) is 58.9 Å². The van der Waals surface area contributed by atoms with Crippen LogP contribution in [0.3, 0.4) is 0 Å². The second-order valence-corrected chi connectivity index (χ2v) is 7.86. The number of rotatable bonds is 5. The van der Waals surface area contributed by atoms with Gasteiger partial charge in [0.2, 0.25) is 0 Å². The van der Waals surface area contributed by atoms with Crippen molar-refractivity contribution in [1.82, 2.24) is 19.9 Å². The third-order valence-electron chi connectivity index (χ3n) is 4.42. The summed E-state index contributed by atoms with van der Waals surface area (Å²) in [4.78, 5) is 0. The molecule has 4 rings (SSSR count). The fourth-order valence-electron chi connectivity index (χ4n) is 2.90. The zero-order valence-electron chi connectivity index (χ0n) is 15.5. The molecule has 2 heterocycles. The van der Waals surface area contributed by atoms with Crippen molar-refractivity contribution in [3.05, 3.63) is 72.1 Å². The highest BCUT2D eigenvalue weighted by molar-refractivity contribution is 7.99. The molecule has 0 aliphatic heterocycles. The summed E-state index contributed by atoms with van der Waals surface area (Å²) in [6, 6.07) is 18.6. The smallest absolute Gasteiger partial charge is 0.191 e. The minimum Gasteiger partial charge on any atom is -0.356 e. The topological polar surface area (TPSA) is 56.7 Å². The first-order valence-electron chi connectivity index (χ1n) is 8.75. The van der Waals surface area contributed by atoms with Crippen molar-refractivity contribution in [3.8, 4) is 22.6 Å². The molecule has 0 spiro atoms. The average molecular weight is 376 g/mol. The molecule has 5 nitrogen and oxygen atoms in total. The molecule has 0 saturated heterocycles. The lowest BCUT2D eigenvalue weighted by Crippen LogP contribution is -1.94. The lowest BCUT2D eigenvalue weighted by atomic mass is 10.0. The number of aryl methyl sites for hydroxylation is 2. The van der Waals surface area contributed by atoms with Gasteiger partial charge in [0, 0.05) is 29.5 Å². The van der Waals surface area contributed by atoms with Crippen LogP contribution in [0.1, 0.15) is 23.3 Å². The van der Waals surface area contributed by atoms with Gasteiger partial charge >= 0.3 is 0 Å². The highest BCUT2D eigenvalue weighted by Gasteiger charge is 2.14. The molecule has 0 radical (unpaired) electrons. The van der Waals surface area contributed by atoms with E-state index in [4.69, 9.17) is 4.52 Å². The van der Waals surface area contributed by atoms with E-state index in [2.05, 4.69) is 53.5 Å². The highest BCUT2D eigenvalue weighted by Crippen LogP contribution is 2.35. The van der Waals surface area contributed by atoms with E-state index >= 15 is 0 Å². The molecule has 136 valence electrons. The van der Waals surface area contributed by atoms with Crippen molar-refractivity contribution >= 4 is 11.8 Å². The van der Waals surface area contributed by atoms with Crippen LogP contribution in [-0.2, 0) is 7.05 Å². The first kappa shape index (κ1) is 17.5. The Kier molecular flexibility index (Phi) is 4.81. The zero-order chi connectivity index (χ0) is 18.8. The Labute approximate surface area is 162 Å². The van der Waals surface area contributed by atoms with Crippen LogP contribution in [0.25, 0.3) is 22.6 Å². The average Bonchev–Trinajstić information content (AvgIpc) is 3.32. The molecule has 0 saturated carbocycles. The first-order chi connectivity index (χ1) is 13.1. The Bertz CT molecular complexity index is 1070. The molecule has 0 fully saturated rings. The van der Waals surface area contributed by atoms with Crippen LogP contribution < -0.4 is 0 Å². The molecule has 6 heteroatoms. The molecule has 0 bridgehead atoms. The van der Waals surface area contributed by atoms with E-state index in [-0.39, 0.29) is 5.25 Å². The number of benzene rings is 2. The summed E-state index contributed by atoms with van der Waals surface area (Å²) in [5.74, 6) is 0.768. The Morgan fingerprint density at radius 1 is 1.04 bits per heavy atom. The van der Waals surface area contributed by atoms with E-state index in [9.17, 15) is 0 Å². The second-order valence-electron chi connectivity index (χ2n) is 6.56. The Hall–Kier alpha value is -2.86. The van der Waals surface area contributed by atoms with Gasteiger partial charge in [-0.05, 0) is 31.5 Å². The van der Waals surface area contributed by atoms with Crippen LogP contribution in [0, 0.1) is 6.92 Å². The Morgan fingerprint density at radius 3 is 2.63 bits per heavy atom. The predicted octanol–water partition coefficient (Wildman–Crippen LogP) is 5.30. The summed E-state index contributed by atoms with van der Waals surface area (Å²) in [5.41, 5.74) is 5.33. The van der Waals surface area contributed by atoms with E-state index in [0.717, 1.165) is 27.7 Å². The molecule has 4 aromatic rings. The van der Waals surface area contributed by atoms with E-state index < -0.39 is 0 Å². The summed E-state index contributed by atoms with van der Waals surface area (Å²) >= 11 is 1.68. The monoisotopic (exact) mass is 376 g/mol. The van der Waals surface area contributed by atoms with Gasteiger partial charge in [-0.15, -0.1) is 10.2 Å². The molecular formula is C21H20N4OS. The van der Waals surface area contributed by atoms with Crippen molar-refractivity contribution in [1.29, 1.82) is 0 Å². The molecule has 2 aromatic heterocycles. The number of hydrogen-bond acceptors (Lipinski definition) is 5. The number of aromatic nitrogens is 4. The van der Waals surface area contributed by atoms with Crippen LogP contribution in [0.2, 0.25) is 0 Å². The van der Waals surface area contributed by atoms with Gasteiger partial charge in [-0.25, -0.2) is 0 Å². The summed E-state index contributed by atoms with van der Waals surface area (Å²) in [6.07, 6.45) is 1.72. The van der Waals surface area contributed by atoms with Crippen LogP contribution in [-0.4, -0.2) is 19.9 Å². The largest absolute Gasteiger partial charge is 0.356 e. The van der Waals surface area contributed by atoms with E-state index in [0.29, 0.717) is 0 Å². The fraction of sp³-hybridized carbons (Fsp3) is 0.190. The molecule has 0 N–H and O–H groups in total.